The van der Waals surface area contributed by atoms with Crippen LogP contribution in [0.1, 0.15) is 24.5 Å². The molecule has 0 saturated carbocycles. The van der Waals surface area contributed by atoms with Gasteiger partial charge in [-0.05, 0) is 37.1 Å². The summed E-state index contributed by atoms with van der Waals surface area (Å²) in [6.07, 6.45) is 1.01. The van der Waals surface area contributed by atoms with Gasteiger partial charge in [0.2, 0.25) is 0 Å². The average molecular weight is 247 g/mol. The number of benzene rings is 1. The van der Waals surface area contributed by atoms with E-state index in [0.717, 1.165) is 13.0 Å². The van der Waals surface area contributed by atoms with Gasteiger partial charge in [-0.15, -0.1) is 0 Å². The third-order valence-corrected chi connectivity index (χ3v) is 2.48. The van der Waals surface area contributed by atoms with E-state index in [-0.39, 0.29) is 11.3 Å². The number of rotatable bonds is 5. The number of aryl methyl sites for hydroxylation is 1. The van der Waals surface area contributed by atoms with Gasteiger partial charge in [0.25, 0.3) is 5.92 Å². The minimum absolute atomic E-state index is 0.0199. The van der Waals surface area contributed by atoms with E-state index in [1.165, 1.54) is 13.2 Å². The standard InChI is InChI=1S/C12H16F3NO/c1-12(14,15)9-6-8(4-3-5-16)11(17-2)10(13)7-9/h6-7H,3-5,16H2,1-2H3. The molecule has 0 amide bonds. The van der Waals surface area contributed by atoms with Crippen molar-refractivity contribution in [2.24, 2.45) is 5.73 Å². The Morgan fingerprint density at radius 3 is 2.47 bits per heavy atom. The number of halogens is 3. The van der Waals surface area contributed by atoms with Crippen LogP contribution in [0.15, 0.2) is 12.1 Å². The van der Waals surface area contributed by atoms with Gasteiger partial charge in [0, 0.05) is 12.5 Å². The minimum Gasteiger partial charge on any atom is -0.493 e. The van der Waals surface area contributed by atoms with Gasteiger partial charge in [-0.25, -0.2) is 13.2 Å². The molecule has 0 aliphatic carbocycles. The summed E-state index contributed by atoms with van der Waals surface area (Å²) in [5, 5.41) is 0. The fraction of sp³-hybridized carbons (Fsp3) is 0.500. The highest BCUT2D eigenvalue weighted by molar-refractivity contribution is 5.40. The first-order chi connectivity index (χ1) is 7.90. The van der Waals surface area contributed by atoms with E-state index in [0.29, 0.717) is 24.9 Å². The molecular weight excluding hydrogens is 231 g/mol. The van der Waals surface area contributed by atoms with Crippen molar-refractivity contribution in [1.29, 1.82) is 0 Å². The van der Waals surface area contributed by atoms with Crippen molar-refractivity contribution in [3.05, 3.63) is 29.1 Å². The van der Waals surface area contributed by atoms with Crippen LogP contribution in [-0.2, 0) is 12.3 Å². The molecule has 17 heavy (non-hydrogen) atoms. The molecule has 0 aliphatic rings. The molecule has 2 nitrogen and oxygen atoms in total. The van der Waals surface area contributed by atoms with Gasteiger partial charge in [-0.1, -0.05) is 0 Å². The summed E-state index contributed by atoms with van der Waals surface area (Å²) < 4.78 is 44.7. The lowest BCUT2D eigenvalue weighted by molar-refractivity contribution is 0.0170. The molecule has 0 fully saturated rings. The molecule has 0 heterocycles. The van der Waals surface area contributed by atoms with E-state index in [2.05, 4.69) is 0 Å². The van der Waals surface area contributed by atoms with Crippen LogP contribution in [0.4, 0.5) is 13.2 Å². The Kier molecular flexibility index (Phi) is 4.40. The van der Waals surface area contributed by atoms with E-state index in [9.17, 15) is 13.2 Å². The zero-order valence-electron chi connectivity index (χ0n) is 9.90. The van der Waals surface area contributed by atoms with Gasteiger partial charge in [-0.2, -0.15) is 0 Å². The molecule has 5 heteroatoms. The second-order valence-electron chi connectivity index (χ2n) is 3.93. The SMILES string of the molecule is COc1c(F)cc(C(C)(F)F)cc1CCCN. The number of nitrogens with two attached hydrogens (primary N) is 1. The number of hydrogen-bond donors (Lipinski definition) is 1. The van der Waals surface area contributed by atoms with E-state index >= 15 is 0 Å². The van der Waals surface area contributed by atoms with Crippen LogP contribution in [0.2, 0.25) is 0 Å². The fourth-order valence-electron chi connectivity index (χ4n) is 1.61. The molecule has 1 aromatic rings. The normalized spacial score (nSPS) is 11.6. The number of hydrogen-bond acceptors (Lipinski definition) is 2. The summed E-state index contributed by atoms with van der Waals surface area (Å²) >= 11 is 0. The quantitative estimate of drug-likeness (QED) is 0.868. The molecule has 0 radical (unpaired) electrons. The highest BCUT2D eigenvalue weighted by atomic mass is 19.3. The van der Waals surface area contributed by atoms with Crippen LogP contribution in [0.5, 0.6) is 5.75 Å². The fourth-order valence-corrected chi connectivity index (χ4v) is 1.61. The van der Waals surface area contributed by atoms with Crippen molar-refractivity contribution in [2.75, 3.05) is 13.7 Å². The lowest BCUT2D eigenvalue weighted by atomic mass is 10.0. The second kappa shape index (κ2) is 5.40. The Hall–Kier alpha value is -1.23. The third kappa shape index (κ3) is 3.36. The molecule has 0 saturated heterocycles. The Labute approximate surface area is 98.6 Å². The monoisotopic (exact) mass is 247 g/mol. The Balaban J connectivity index is 3.19. The Bertz CT molecular complexity index is 388. The first-order valence-electron chi connectivity index (χ1n) is 5.35. The van der Waals surface area contributed by atoms with Crippen LogP contribution < -0.4 is 10.5 Å². The van der Waals surface area contributed by atoms with E-state index in [1.807, 2.05) is 0 Å². The van der Waals surface area contributed by atoms with Gasteiger partial charge in [0.1, 0.15) is 0 Å². The lowest BCUT2D eigenvalue weighted by Gasteiger charge is -2.15. The largest absolute Gasteiger partial charge is 0.493 e. The van der Waals surface area contributed by atoms with Crippen LogP contribution in [0.3, 0.4) is 0 Å². The summed E-state index contributed by atoms with van der Waals surface area (Å²) in [7, 11) is 1.31. The summed E-state index contributed by atoms with van der Waals surface area (Å²) in [6.45, 7) is 1.15. The predicted molar refractivity (Wildman–Crippen MR) is 59.9 cm³/mol. The van der Waals surface area contributed by atoms with Crippen molar-refractivity contribution in [3.8, 4) is 5.75 Å². The summed E-state index contributed by atoms with van der Waals surface area (Å²) in [6, 6.07) is 2.09. The summed E-state index contributed by atoms with van der Waals surface area (Å²) in [5.41, 5.74) is 5.43. The predicted octanol–water partition coefficient (Wildman–Crippen LogP) is 2.84. The first kappa shape index (κ1) is 13.8. The number of alkyl halides is 2. The molecule has 0 aromatic heterocycles. The van der Waals surface area contributed by atoms with E-state index < -0.39 is 11.7 Å². The van der Waals surface area contributed by atoms with Gasteiger partial charge in [-0.3, -0.25) is 0 Å². The molecule has 1 rings (SSSR count). The lowest BCUT2D eigenvalue weighted by Crippen LogP contribution is -2.10. The smallest absolute Gasteiger partial charge is 0.270 e. The zero-order valence-corrected chi connectivity index (χ0v) is 9.90. The van der Waals surface area contributed by atoms with Crippen LogP contribution in [0, 0.1) is 5.82 Å². The van der Waals surface area contributed by atoms with Crippen LogP contribution in [0.25, 0.3) is 0 Å². The molecule has 0 atom stereocenters. The molecule has 0 bridgehead atoms. The highest BCUT2D eigenvalue weighted by Gasteiger charge is 2.27. The maximum absolute atomic E-state index is 13.6. The maximum Gasteiger partial charge on any atom is 0.270 e. The number of methoxy groups -OCH3 is 1. The van der Waals surface area contributed by atoms with E-state index in [4.69, 9.17) is 10.5 Å². The molecule has 96 valence electrons. The van der Waals surface area contributed by atoms with Crippen LogP contribution >= 0.6 is 0 Å². The first-order valence-corrected chi connectivity index (χ1v) is 5.35. The van der Waals surface area contributed by atoms with E-state index in [1.54, 1.807) is 0 Å². The highest BCUT2D eigenvalue weighted by Crippen LogP contribution is 2.33. The topological polar surface area (TPSA) is 35.2 Å². The van der Waals surface area contributed by atoms with Crippen molar-refractivity contribution in [3.63, 3.8) is 0 Å². The Morgan fingerprint density at radius 1 is 1.35 bits per heavy atom. The maximum atomic E-state index is 13.6. The molecular formula is C12H16F3NO. The number of ether oxygens (including phenoxy) is 1. The molecule has 0 aliphatic heterocycles. The summed E-state index contributed by atoms with van der Waals surface area (Å²) in [5.74, 6) is -3.81. The van der Waals surface area contributed by atoms with Crippen molar-refractivity contribution in [2.45, 2.75) is 25.7 Å². The van der Waals surface area contributed by atoms with Gasteiger partial charge in [0.15, 0.2) is 11.6 Å². The zero-order chi connectivity index (χ0) is 13.1. The molecule has 0 spiro atoms. The molecule has 2 N–H and O–H groups in total. The van der Waals surface area contributed by atoms with Crippen molar-refractivity contribution < 1.29 is 17.9 Å². The third-order valence-electron chi connectivity index (χ3n) is 2.48. The van der Waals surface area contributed by atoms with Crippen molar-refractivity contribution >= 4 is 0 Å². The van der Waals surface area contributed by atoms with Gasteiger partial charge in [0.05, 0.1) is 7.11 Å². The minimum atomic E-state index is -3.06. The second-order valence-corrected chi connectivity index (χ2v) is 3.93. The van der Waals surface area contributed by atoms with Gasteiger partial charge >= 0.3 is 0 Å². The Morgan fingerprint density at radius 2 is 2.00 bits per heavy atom. The summed E-state index contributed by atoms with van der Waals surface area (Å²) in [4.78, 5) is 0. The van der Waals surface area contributed by atoms with Crippen molar-refractivity contribution in [1.82, 2.24) is 0 Å². The van der Waals surface area contributed by atoms with Crippen LogP contribution in [-0.4, -0.2) is 13.7 Å². The molecule has 0 unspecified atom stereocenters. The average Bonchev–Trinajstić information content (AvgIpc) is 2.24. The molecule has 1 aromatic carbocycles. The van der Waals surface area contributed by atoms with Gasteiger partial charge < -0.3 is 10.5 Å².